The van der Waals surface area contributed by atoms with Crippen molar-refractivity contribution in [2.45, 2.75) is 25.7 Å². The summed E-state index contributed by atoms with van der Waals surface area (Å²) in [5, 5.41) is 0. The molecule has 0 amide bonds. The number of carbonyl (C=O) groups excluding carboxylic acids is 1. The Kier molecular flexibility index (Phi) is 7.11. The Hall–Kier alpha value is -0.320. The molecule has 2 fully saturated rings. The fraction of sp³-hybridized carbons (Fsp3) is 0.929. The summed E-state index contributed by atoms with van der Waals surface area (Å²) in [4.78, 5) is 16.6. The molecule has 0 atom stereocenters. The summed E-state index contributed by atoms with van der Waals surface area (Å²) in [5.74, 6) is 0.769. The van der Waals surface area contributed by atoms with Crippen molar-refractivity contribution in [2.24, 2.45) is 11.8 Å². The van der Waals surface area contributed by atoms with Gasteiger partial charge in [0.15, 0.2) is 0 Å². The van der Waals surface area contributed by atoms with E-state index in [0.29, 0.717) is 12.5 Å². The van der Waals surface area contributed by atoms with E-state index in [1.807, 2.05) is 0 Å². The number of hydrogen-bond acceptors (Lipinski definition) is 4. The van der Waals surface area contributed by atoms with Crippen LogP contribution in [0, 0.1) is 11.8 Å². The minimum absolute atomic E-state index is 0. The lowest BCUT2D eigenvalue weighted by Gasteiger charge is -2.30. The number of likely N-dealkylation sites (tertiary alicyclic amines) is 2. The molecule has 2 aliphatic heterocycles. The van der Waals surface area contributed by atoms with Crippen molar-refractivity contribution in [2.75, 3.05) is 46.9 Å². The molecular weight excluding hydrogens is 264 g/mol. The third-order valence-electron chi connectivity index (χ3n) is 4.35. The molecule has 0 spiro atoms. The molecule has 0 aromatic rings. The van der Waals surface area contributed by atoms with E-state index in [0.717, 1.165) is 51.9 Å². The molecule has 19 heavy (non-hydrogen) atoms. The largest absolute Gasteiger partial charge is 0.465 e. The van der Waals surface area contributed by atoms with Gasteiger partial charge in [0.1, 0.15) is 0 Å². The first-order chi connectivity index (χ1) is 8.65. The smallest absolute Gasteiger partial charge is 0.309 e. The van der Waals surface area contributed by atoms with Gasteiger partial charge in [-0.2, -0.15) is 0 Å². The van der Waals surface area contributed by atoms with Crippen molar-refractivity contribution in [1.82, 2.24) is 9.80 Å². The Balaban J connectivity index is 0.00000180. The quantitative estimate of drug-likeness (QED) is 0.740. The number of nitrogens with zero attached hydrogens (tertiary/aromatic N) is 2. The van der Waals surface area contributed by atoms with Crippen LogP contribution in [0.15, 0.2) is 0 Å². The lowest BCUT2D eigenvalue weighted by molar-refractivity contribution is -0.151. The number of ether oxygens (including phenoxy) is 1. The summed E-state index contributed by atoms with van der Waals surface area (Å²) in [6.07, 6.45) is 4.25. The normalized spacial score (nSPS) is 23.9. The van der Waals surface area contributed by atoms with Crippen LogP contribution in [0.2, 0.25) is 0 Å². The van der Waals surface area contributed by atoms with Gasteiger partial charge in [0.25, 0.3) is 0 Å². The highest BCUT2D eigenvalue weighted by atomic mass is 35.5. The minimum Gasteiger partial charge on any atom is -0.465 e. The van der Waals surface area contributed by atoms with Crippen LogP contribution in [0.1, 0.15) is 25.7 Å². The number of halogens is 1. The Morgan fingerprint density at radius 2 is 1.47 bits per heavy atom. The third kappa shape index (κ3) is 5.28. The van der Waals surface area contributed by atoms with Crippen molar-refractivity contribution in [1.29, 1.82) is 0 Å². The van der Waals surface area contributed by atoms with Crippen LogP contribution in [0.25, 0.3) is 0 Å². The molecule has 0 aromatic heterocycles. The van der Waals surface area contributed by atoms with E-state index in [-0.39, 0.29) is 24.3 Å². The maximum atomic E-state index is 12.0. The van der Waals surface area contributed by atoms with Crippen LogP contribution in [0.3, 0.4) is 0 Å². The van der Waals surface area contributed by atoms with E-state index in [1.165, 1.54) is 0 Å². The topological polar surface area (TPSA) is 32.8 Å². The van der Waals surface area contributed by atoms with Crippen molar-refractivity contribution in [3.05, 3.63) is 0 Å². The van der Waals surface area contributed by atoms with E-state index >= 15 is 0 Å². The molecule has 2 rings (SSSR count). The monoisotopic (exact) mass is 290 g/mol. The molecule has 0 aliphatic carbocycles. The molecular formula is C14H27ClN2O2. The maximum Gasteiger partial charge on any atom is 0.309 e. The molecule has 2 saturated heterocycles. The lowest BCUT2D eigenvalue weighted by atomic mass is 9.96. The van der Waals surface area contributed by atoms with Crippen LogP contribution in [0.4, 0.5) is 0 Å². The number of rotatable bonds is 3. The summed E-state index contributed by atoms with van der Waals surface area (Å²) < 4.78 is 5.52. The van der Waals surface area contributed by atoms with E-state index < -0.39 is 0 Å². The van der Waals surface area contributed by atoms with Crippen molar-refractivity contribution in [3.63, 3.8) is 0 Å². The van der Waals surface area contributed by atoms with E-state index in [2.05, 4.69) is 23.9 Å². The highest BCUT2D eigenvalue weighted by Gasteiger charge is 2.26. The number of esters is 1. The second-order valence-corrected chi connectivity index (χ2v) is 5.95. The van der Waals surface area contributed by atoms with Crippen LogP contribution in [-0.2, 0) is 9.53 Å². The summed E-state index contributed by atoms with van der Waals surface area (Å²) in [7, 11) is 4.26. The molecule has 0 unspecified atom stereocenters. The Morgan fingerprint density at radius 1 is 1.00 bits per heavy atom. The summed E-state index contributed by atoms with van der Waals surface area (Å²) in [5.41, 5.74) is 0. The number of piperidine rings is 2. The summed E-state index contributed by atoms with van der Waals surface area (Å²) in [6.45, 7) is 4.95. The van der Waals surface area contributed by atoms with Gasteiger partial charge in [-0.05, 0) is 71.9 Å². The molecule has 0 saturated carbocycles. The van der Waals surface area contributed by atoms with E-state index in [9.17, 15) is 4.79 Å². The predicted octanol–water partition coefficient (Wildman–Crippen LogP) is 1.63. The number of hydrogen-bond donors (Lipinski definition) is 0. The number of carbonyl (C=O) groups is 1. The molecule has 4 nitrogen and oxygen atoms in total. The SMILES string of the molecule is CN1CCC(COC(=O)C2CCN(C)CC2)CC1.Cl. The van der Waals surface area contributed by atoms with Gasteiger partial charge < -0.3 is 14.5 Å². The molecule has 5 heteroatoms. The van der Waals surface area contributed by atoms with Gasteiger partial charge >= 0.3 is 5.97 Å². The third-order valence-corrected chi connectivity index (χ3v) is 4.35. The van der Waals surface area contributed by atoms with E-state index in [4.69, 9.17) is 4.74 Å². The predicted molar refractivity (Wildman–Crippen MR) is 78.6 cm³/mol. The summed E-state index contributed by atoms with van der Waals surface area (Å²) >= 11 is 0. The fourth-order valence-corrected chi connectivity index (χ4v) is 2.79. The Bertz CT molecular complexity index is 273. The van der Waals surface area contributed by atoms with Gasteiger partial charge in [-0.15, -0.1) is 12.4 Å². The van der Waals surface area contributed by atoms with Gasteiger partial charge in [0.05, 0.1) is 12.5 Å². The molecule has 0 bridgehead atoms. The molecule has 0 aromatic carbocycles. The van der Waals surface area contributed by atoms with Crippen molar-refractivity contribution >= 4 is 18.4 Å². The average Bonchev–Trinajstić information content (AvgIpc) is 2.38. The van der Waals surface area contributed by atoms with Crippen LogP contribution in [0.5, 0.6) is 0 Å². The zero-order valence-corrected chi connectivity index (χ0v) is 13.0. The molecule has 2 aliphatic rings. The zero-order valence-electron chi connectivity index (χ0n) is 12.1. The van der Waals surface area contributed by atoms with Crippen LogP contribution in [-0.4, -0.2) is 62.7 Å². The first kappa shape index (κ1) is 16.7. The van der Waals surface area contributed by atoms with Crippen molar-refractivity contribution in [3.8, 4) is 0 Å². The fourth-order valence-electron chi connectivity index (χ4n) is 2.79. The van der Waals surface area contributed by atoms with Crippen molar-refractivity contribution < 1.29 is 9.53 Å². The van der Waals surface area contributed by atoms with Gasteiger partial charge in [-0.1, -0.05) is 0 Å². The standard InChI is InChI=1S/C14H26N2O2.ClH/c1-15-7-3-12(4-8-15)11-18-14(17)13-5-9-16(2)10-6-13;/h12-13H,3-11H2,1-2H3;1H. The maximum absolute atomic E-state index is 12.0. The summed E-state index contributed by atoms with van der Waals surface area (Å²) in [6, 6.07) is 0. The van der Waals surface area contributed by atoms with Gasteiger partial charge in [0.2, 0.25) is 0 Å². The molecule has 0 radical (unpaired) electrons. The molecule has 0 N–H and O–H groups in total. The van der Waals surface area contributed by atoms with Gasteiger partial charge in [0, 0.05) is 0 Å². The van der Waals surface area contributed by atoms with Gasteiger partial charge in [-0.25, -0.2) is 0 Å². The lowest BCUT2D eigenvalue weighted by Crippen LogP contribution is -2.36. The highest BCUT2D eigenvalue weighted by molar-refractivity contribution is 5.85. The second kappa shape index (κ2) is 8.08. The molecule has 112 valence electrons. The minimum atomic E-state index is 0. The second-order valence-electron chi connectivity index (χ2n) is 5.95. The first-order valence-corrected chi connectivity index (χ1v) is 7.19. The first-order valence-electron chi connectivity index (χ1n) is 7.19. The Morgan fingerprint density at radius 3 is 2.00 bits per heavy atom. The van der Waals surface area contributed by atoms with Crippen LogP contribution >= 0.6 is 12.4 Å². The van der Waals surface area contributed by atoms with E-state index in [1.54, 1.807) is 0 Å². The average molecular weight is 291 g/mol. The van der Waals surface area contributed by atoms with Crippen LogP contribution < -0.4 is 0 Å². The molecule has 2 heterocycles. The Labute approximate surface area is 122 Å². The van der Waals surface area contributed by atoms with Gasteiger partial charge in [-0.3, -0.25) is 4.79 Å². The highest BCUT2D eigenvalue weighted by Crippen LogP contribution is 2.20. The zero-order chi connectivity index (χ0) is 13.0.